The number of halogens is 1. The molecule has 4 nitrogen and oxygen atoms in total. The lowest BCUT2D eigenvalue weighted by Gasteiger charge is -2.38. The summed E-state index contributed by atoms with van der Waals surface area (Å²) in [6.45, 7) is 3.92. The second kappa shape index (κ2) is 8.64. The van der Waals surface area contributed by atoms with E-state index < -0.39 is 0 Å². The van der Waals surface area contributed by atoms with Crippen LogP contribution in [-0.4, -0.2) is 54.5 Å². The summed E-state index contributed by atoms with van der Waals surface area (Å²) in [6.07, 6.45) is 3.09. The number of para-hydroxylation sites is 1. The Morgan fingerprint density at radius 1 is 0.964 bits per heavy atom. The number of rotatable bonds is 5. The highest BCUT2D eigenvalue weighted by atomic mass is 35.5. The third kappa shape index (κ3) is 4.09. The molecule has 0 spiro atoms. The van der Waals surface area contributed by atoms with Gasteiger partial charge in [0.05, 0.1) is 16.8 Å². The zero-order chi connectivity index (χ0) is 19.5. The van der Waals surface area contributed by atoms with Crippen LogP contribution in [0.1, 0.15) is 24.8 Å². The van der Waals surface area contributed by atoms with Gasteiger partial charge in [0.25, 0.3) is 0 Å². The molecule has 4 rings (SSSR count). The number of carbonyl (C=O) groups is 1. The lowest BCUT2D eigenvalue weighted by atomic mass is 10.0. The second-order valence-electron chi connectivity index (χ2n) is 7.90. The number of likely N-dealkylation sites (N-methyl/N-ethyl adjacent to an activating group) is 1. The van der Waals surface area contributed by atoms with E-state index in [-0.39, 0.29) is 11.9 Å². The van der Waals surface area contributed by atoms with E-state index in [0.29, 0.717) is 11.1 Å². The molecule has 0 N–H and O–H groups in total. The Hall–Kier alpha value is -1.88. The van der Waals surface area contributed by atoms with Crippen LogP contribution in [0.3, 0.4) is 0 Å². The van der Waals surface area contributed by atoms with Crippen molar-refractivity contribution in [2.45, 2.75) is 37.9 Å². The highest BCUT2D eigenvalue weighted by Crippen LogP contribution is 2.31. The van der Waals surface area contributed by atoms with Crippen molar-refractivity contribution in [3.63, 3.8) is 0 Å². The minimum absolute atomic E-state index is 0.0399. The van der Waals surface area contributed by atoms with E-state index in [0.717, 1.165) is 51.1 Å². The number of hydrogen-bond donors (Lipinski definition) is 0. The number of nitrogens with zero attached hydrogens (tertiary/aromatic N) is 3. The van der Waals surface area contributed by atoms with Gasteiger partial charge in [-0.15, -0.1) is 0 Å². The van der Waals surface area contributed by atoms with Crippen LogP contribution in [0.4, 0.5) is 5.69 Å². The predicted octanol–water partition coefficient (Wildman–Crippen LogP) is 4.04. The van der Waals surface area contributed by atoms with E-state index >= 15 is 0 Å². The highest BCUT2D eigenvalue weighted by molar-refractivity contribution is 6.33. The number of benzene rings is 2. The lowest BCUT2D eigenvalue weighted by molar-refractivity contribution is -0.122. The first-order valence-electron chi connectivity index (χ1n) is 10.2. The number of carbonyl (C=O) groups excluding carboxylic acids is 1. The molecule has 0 saturated carbocycles. The number of piperidine rings is 1. The van der Waals surface area contributed by atoms with Crippen LogP contribution in [0.15, 0.2) is 54.6 Å². The molecule has 1 unspecified atom stereocenters. The van der Waals surface area contributed by atoms with E-state index in [1.807, 2.05) is 29.2 Å². The molecule has 2 aromatic carbocycles. The van der Waals surface area contributed by atoms with E-state index in [2.05, 4.69) is 47.2 Å². The monoisotopic (exact) mass is 397 g/mol. The highest BCUT2D eigenvalue weighted by Gasteiger charge is 2.38. The summed E-state index contributed by atoms with van der Waals surface area (Å²) in [7, 11) is 2.12. The van der Waals surface area contributed by atoms with E-state index in [9.17, 15) is 4.79 Å². The van der Waals surface area contributed by atoms with Crippen molar-refractivity contribution in [3.8, 4) is 0 Å². The van der Waals surface area contributed by atoms with Gasteiger partial charge in [0.15, 0.2) is 0 Å². The molecule has 2 fully saturated rings. The quantitative estimate of drug-likeness (QED) is 0.761. The van der Waals surface area contributed by atoms with Gasteiger partial charge in [-0.1, -0.05) is 54.1 Å². The second-order valence-corrected chi connectivity index (χ2v) is 8.31. The van der Waals surface area contributed by atoms with Gasteiger partial charge >= 0.3 is 0 Å². The van der Waals surface area contributed by atoms with Crippen LogP contribution < -0.4 is 4.90 Å². The zero-order valence-corrected chi connectivity index (χ0v) is 17.2. The Balaban J connectivity index is 1.34. The maximum absolute atomic E-state index is 13.1. The molecule has 0 radical (unpaired) electrons. The van der Waals surface area contributed by atoms with Gasteiger partial charge in [-0.05, 0) is 57.1 Å². The molecule has 0 aromatic heterocycles. The minimum Gasteiger partial charge on any atom is -0.310 e. The number of anilines is 1. The fourth-order valence-corrected chi connectivity index (χ4v) is 4.77. The smallest absolute Gasteiger partial charge is 0.244 e. The molecule has 2 aliphatic rings. The summed E-state index contributed by atoms with van der Waals surface area (Å²) in [4.78, 5) is 19.8. The molecule has 0 bridgehead atoms. The van der Waals surface area contributed by atoms with Crippen molar-refractivity contribution in [1.29, 1.82) is 0 Å². The lowest BCUT2D eigenvalue weighted by Crippen LogP contribution is -2.49. The number of amides is 1. The first-order valence-corrected chi connectivity index (χ1v) is 10.6. The molecule has 1 amide bonds. The van der Waals surface area contributed by atoms with Crippen molar-refractivity contribution in [2.75, 3.05) is 31.6 Å². The van der Waals surface area contributed by atoms with Crippen molar-refractivity contribution in [3.05, 3.63) is 65.2 Å². The van der Waals surface area contributed by atoms with Gasteiger partial charge in [-0.25, -0.2) is 0 Å². The van der Waals surface area contributed by atoms with E-state index in [1.165, 1.54) is 5.56 Å². The summed E-state index contributed by atoms with van der Waals surface area (Å²) in [5, 5.41) is 0.647. The molecular weight excluding hydrogens is 370 g/mol. The molecule has 2 aromatic rings. The van der Waals surface area contributed by atoms with Crippen LogP contribution in [-0.2, 0) is 11.3 Å². The topological polar surface area (TPSA) is 26.8 Å². The van der Waals surface area contributed by atoms with Crippen molar-refractivity contribution in [2.24, 2.45) is 0 Å². The number of likely N-dealkylation sites (tertiary alicyclic amines) is 1. The summed E-state index contributed by atoms with van der Waals surface area (Å²) in [5.74, 6) is 0.183. The van der Waals surface area contributed by atoms with Gasteiger partial charge in [0.1, 0.15) is 0 Å². The van der Waals surface area contributed by atoms with Gasteiger partial charge in [-0.3, -0.25) is 14.6 Å². The SMILES string of the molecule is CN(C1CCN(Cc2ccccc2)CC1)C1CCN(c2ccccc2Cl)C1=O. The Labute approximate surface area is 172 Å². The Morgan fingerprint density at radius 3 is 2.36 bits per heavy atom. The summed E-state index contributed by atoms with van der Waals surface area (Å²) in [5.41, 5.74) is 2.21. The van der Waals surface area contributed by atoms with Gasteiger partial charge < -0.3 is 4.90 Å². The van der Waals surface area contributed by atoms with Crippen LogP contribution in [0.5, 0.6) is 0 Å². The summed E-state index contributed by atoms with van der Waals surface area (Å²) >= 11 is 6.32. The normalized spacial score (nSPS) is 21.6. The van der Waals surface area contributed by atoms with Gasteiger partial charge in [0.2, 0.25) is 5.91 Å². The minimum atomic E-state index is -0.0399. The van der Waals surface area contributed by atoms with Crippen molar-refractivity contribution >= 4 is 23.2 Å². The van der Waals surface area contributed by atoms with E-state index in [1.54, 1.807) is 0 Å². The average molecular weight is 398 g/mol. The molecule has 0 aliphatic carbocycles. The van der Waals surface area contributed by atoms with Crippen LogP contribution in [0.2, 0.25) is 5.02 Å². The molecular formula is C23H28ClN3O. The fraction of sp³-hybridized carbons (Fsp3) is 0.435. The van der Waals surface area contributed by atoms with Gasteiger partial charge in [0, 0.05) is 19.1 Å². The summed E-state index contributed by atoms with van der Waals surface area (Å²) in [6, 6.07) is 18.7. The predicted molar refractivity (Wildman–Crippen MR) is 115 cm³/mol. The third-order valence-corrected chi connectivity index (χ3v) is 6.51. The standard InChI is InChI=1S/C23H28ClN3O/c1-25(19-11-14-26(15-12-19)17-18-7-3-2-4-8-18)22-13-16-27(23(22)28)21-10-6-5-9-20(21)24/h2-10,19,22H,11-17H2,1H3. The molecule has 5 heteroatoms. The largest absolute Gasteiger partial charge is 0.310 e. The third-order valence-electron chi connectivity index (χ3n) is 6.19. The summed E-state index contributed by atoms with van der Waals surface area (Å²) < 4.78 is 0. The fourth-order valence-electron chi connectivity index (χ4n) is 4.53. The van der Waals surface area contributed by atoms with Crippen LogP contribution in [0.25, 0.3) is 0 Å². The average Bonchev–Trinajstić information content (AvgIpc) is 3.10. The maximum Gasteiger partial charge on any atom is 0.244 e. The molecule has 148 valence electrons. The molecule has 28 heavy (non-hydrogen) atoms. The molecule has 1 atom stereocenters. The van der Waals surface area contributed by atoms with Gasteiger partial charge in [-0.2, -0.15) is 0 Å². The molecule has 2 saturated heterocycles. The first-order chi connectivity index (χ1) is 13.6. The molecule has 2 heterocycles. The van der Waals surface area contributed by atoms with Crippen molar-refractivity contribution in [1.82, 2.24) is 9.80 Å². The van der Waals surface area contributed by atoms with Crippen molar-refractivity contribution < 1.29 is 4.79 Å². The van der Waals surface area contributed by atoms with Crippen LogP contribution >= 0.6 is 11.6 Å². The molecule has 2 aliphatic heterocycles. The van der Waals surface area contributed by atoms with Crippen LogP contribution in [0, 0.1) is 0 Å². The number of hydrogen-bond acceptors (Lipinski definition) is 3. The Kier molecular flexibility index (Phi) is 6.00. The zero-order valence-electron chi connectivity index (χ0n) is 16.4. The first kappa shape index (κ1) is 19.4. The maximum atomic E-state index is 13.1. The van der Waals surface area contributed by atoms with E-state index in [4.69, 9.17) is 11.6 Å². The Morgan fingerprint density at radius 2 is 1.64 bits per heavy atom. The Bertz CT molecular complexity index is 805.